The molecule has 1 fully saturated rings. The van der Waals surface area contributed by atoms with Gasteiger partial charge in [-0.05, 0) is 26.3 Å². The standard InChI is InChI=1S/C10H14N2OS/c1-6-7(2)11-10(12-8(6)3)14-5-9-4-13-9/h9H,4-5H2,1-3H3/t9-/m0/s1. The third-order valence-corrected chi connectivity index (χ3v) is 3.39. The first-order valence-corrected chi connectivity index (χ1v) is 5.71. The zero-order valence-electron chi connectivity index (χ0n) is 8.70. The molecule has 0 radical (unpaired) electrons. The predicted molar refractivity (Wildman–Crippen MR) is 56.7 cm³/mol. The Morgan fingerprint density at radius 1 is 1.29 bits per heavy atom. The molecule has 14 heavy (non-hydrogen) atoms. The Kier molecular flexibility index (Phi) is 2.74. The van der Waals surface area contributed by atoms with Gasteiger partial charge in [0.25, 0.3) is 0 Å². The van der Waals surface area contributed by atoms with Crippen LogP contribution in [0.3, 0.4) is 0 Å². The molecule has 0 saturated carbocycles. The molecule has 1 aliphatic rings. The van der Waals surface area contributed by atoms with Gasteiger partial charge in [0.1, 0.15) is 0 Å². The normalized spacial score (nSPS) is 19.8. The molecule has 0 N–H and O–H groups in total. The van der Waals surface area contributed by atoms with Crippen LogP contribution >= 0.6 is 11.8 Å². The third-order valence-electron chi connectivity index (χ3n) is 2.41. The van der Waals surface area contributed by atoms with E-state index in [9.17, 15) is 0 Å². The van der Waals surface area contributed by atoms with Crippen molar-refractivity contribution in [3.63, 3.8) is 0 Å². The van der Waals surface area contributed by atoms with Crippen LogP contribution in [0, 0.1) is 20.8 Å². The van der Waals surface area contributed by atoms with Crippen molar-refractivity contribution in [1.29, 1.82) is 0 Å². The van der Waals surface area contributed by atoms with Crippen molar-refractivity contribution in [2.75, 3.05) is 12.4 Å². The van der Waals surface area contributed by atoms with Crippen molar-refractivity contribution in [2.45, 2.75) is 32.0 Å². The van der Waals surface area contributed by atoms with Crippen LogP contribution in [0.1, 0.15) is 17.0 Å². The summed E-state index contributed by atoms with van der Waals surface area (Å²) in [5, 5.41) is 0.876. The summed E-state index contributed by atoms with van der Waals surface area (Å²) in [6.07, 6.45) is 0.436. The number of nitrogens with zero attached hydrogens (tertiary/aromatic N) is 2. The molecule has 0 bridgehead atoms. The molecule has 1 atom stereocenters. The molecule has 1 aliphatic heterocycles. The number of ether oxygens (including phenoxy) is 1. The van der Waals surface area contributed by atoms with E-state index in [0.717, 1.165) is 28.9 Å². The molecular weight excluding hydrogens is 196 g/mol. The van der Waals surface area contributed by atoms with Gasteiger partial charge in [-0.15, -0.1) is 0 Å². The second kappa shape index (κ2) is 3.87. The van der Waals surface area contributed by atoms with Crippen molar-refractivity contribution in [3.8, 4) is 0 Å². The molecule has 0 aliphatic carbocycles. The molecule has 0 spiro atoms. The van der Waals surface area contributed by atoms with Crippen molar-refractivity contribution in [3.05, 3.63) is 17.0 Å². The second-order valence-electron chi connectivity index (χ2n) is 3.57. The minimum Gasteiger partial charge on any atom is -0.372 e. The quantitative estimate of drug-likeness (QED) is 0.434. The largest absolute Gasteiger partial charge is 0.372 e. The first kappa shape index (κ1) is 9.93. The van der Waals surface area contributed by atoms with Gasteiger partial charge in [-0.3, -0.25) is 0 Å². The van der Waals surface area contributed by atoms with E-state index in [-0.39, 0.29) is 0 Å². The van der Waals surface area contributed by atoms with Crippen LogP contribution < -0.4 is 0 Å². The molecule has 0 amide bonds. The van der Waals surface area contributed by atoms with Gasteiger partial charge in [0.05, 0.1) is 12.7 Å². The molecule has 3 nitrogen and oxygen atoms in total. The van der Waals surface area contributed by atoms with E-state index in [1.165, 1.54) is 5.56 Å². The second-order valence-corrected chi connectivity index (χ2v) is 4.56. The average molecular weight is 210 g/mol. The first-order chi connectivity index (χ1) is 6.66. The van der Waals surface area contributed by atoms with Crippen LogP contribution in [0.4, 0.5) is 0 Å². The van der Waals surface area contributed by atoms with Gasteiger partial charge >= 0.3 is 0 Å². The minimum absolute atomic E-state index is 0.436. The maximum atomic E-state index is 5.14. The van der Waals surface area contributed by atoms with Gasteiger partial charge in [0, 0.05) is 17.1 Å². The Hall–Kier alpha value is -0.610. The van der Waals surface area contributed by atoms with Gasteiger partial charge in [0.15, 0.2) is 5.16 Å². The lowest BCUT2D eigenvalue weighted by Gasteiger charge is -2.05. The van der Waals surface area contributed by atoms with E-state index < -0.39 is 0 Å². The van der Waals surface area contributed by atoms with Gasteiger partial charge in [0.2, 0.25) is 0 Å². The lowest BCUT2D eigenvalue weighted by molar-refractivity contribution is 0.426. The summed E-state index contributed by atoms with van der Waals surface area (Å²) in [4.78, 5) is 8.86. The highest BCUT2D eigenvalue weighted by Crippen LogP contribution is 2.22. The van der Waals surface area contributed by atoms with Crippen molar-refractivity contribution >= 4 is 11.8 Å². The highest BCUT2D eigenvalue weighted by molar-refractivity contribution is 7.99. The van der Waals surface area contributed by atoms with Crippen molar-refractivity contribution in [1.82, 2.24) is 9.97 Å². The summed E-state index contributed by atoms with van der Waals surface area (Å²) in [6, 6.07) is 0. The highest BCUT2D eigenvalue weighted by atomic mass is 32.2. The highest BCUT2D eigenvalue weighted by Gasteiger charge is 2.22. The Morgan fingerprint density at radius 2 is 1.86 bits per heavy atom. The van der Waals surface area contributed by atoms with Crippen LogP contribution in [0.25, 0.3) is 0 Å². The lowest BCUT2D eigenvalue weighted by atomic mass is 10.2. The van der Waals surface area contributed by atoms with Gasteiger partial charge in [-0.25, -0.2) is 9.97 Å². The summed E-state index contributed by atoms with van der Waals surface area (Å²) < 4.78 is 5.14. The van der Waals surface area contributed by atoms with E-state index in [2.05, 4.69) is 16.9 Å². The monoisotopic (exact) mass is 210 g/mol. The zero-order valence-corrected chi connectivity index (χ0v) is 9.52. The molecule has 0 unspecified atom stereocenters. The Bertz CT molecular complexity index is 327. The number of rotatable bonds is 3. The molecule has 1 saturated heterocycles. The maximum Gasteiger partial charge on any atom is 0.188 e. The third kappa shape index (κ3) is 2.25. The Morgan fingerprint density at radius 3 is 2.36 bits per heavy atom. The number of hydrogen-bond acceptors (Lipinski definition) is 4. The van der Waals surface area contributed by atoms with E-state index in [0.29, 0.717) is 6.10 Å². The predicted octanol–water partition coefficient (Wildman–Crippen LogP) is 1.89. The Labute approximate surface area is 88.3 Å². The lowest BCUT2D eigenvalue weighted by Crippen LogP contribution is -1.99. The SMILES string of the molecule is Cc1nc(SC[C@@H]2CO2)nc(C)c1C. The number of aryl methyl sites for hydroxylation is 2. The summed E-state index contributed by atoms with van der Waals surface area (Å²) >= 11 is 1.68. The summed E-state index contributed by atoms with van der Waals surface area (Å²) in [6.45, 7) is 7.02. The molecule has 1 aromatic rings. The molecule has 2 rings (SSSR count). The maximum absolute atomic E-state index is 5.14. The number of hydrogen-bond donors (Lipinski definition) is 0. The number of epoxide rings is 1. The van der Waals surface area contributed by atoms with E-state index in [4.69, 9.17) is 4.74 Å². The van der Waals surface area contributed by atoms with Crippen LogP contribution in [0.15, 0.2) is 5.16 Å². The summed E-state index contributed by atoms with van der Waals surface area (Å²) in [5.74, 6) is 0.974. The molecule has 2 heterocycles. The fourth-order valence-electron chi connectivity index (χ4n) is 1.14. The van der Waals surface area contributed by atoms with Crippen LogP contribution in [-0.2, 0) is 4.74 Å². The minimum atomic E-state index is 0.436. The molecule has 76 valence electrons. The number of thioether (sulfide) groups is 1. The van der Waals surface area contributed by atoms with Crippen LogP contribution in [-0.4, -0.2) is 28.4 Å². The van der Waals surface area contributed by atoms with Gasteiger partial charge in [-0.2, -0.15) is 0 Å². The Balaban J connectivity index is 2.08. The summed E-state index contributed by atoms with van der Waals surface area (Å²) in [7, 11) is 0. The van der Waals surface area contributed by atoms with E-state index in [1.54, 1.807) is 11.8 Å². The van der Waals surface area contributed by atoms with Gasteiger partial charge in [-0.1, -0.05) is 11.8 Å². The molecule has 1 aromatic heterocycles. The zero-order chi connectivity index (χ0) is 10.1. The smallest absolute Gasteiger partial charge is 0.188 e. The van der Waals surface area contributed by atoms with Crippen molar-refractivity contribution < 1.29 is 4.74 Å². The number of aromatic nitrogens is 2. The van der Waals surface area contributed by atoms with Crippen LogP contribution in [0.2, 0.25) is 0 Å². The average Bonchev–Trinajstić information content (AvgIpc) is 2.94. The fraction of sp³-hybridized carbons (Fsp3) is 0.600. The van der Waals surface area contributed by atoms with E-state index >= 15 is 0 Å². The van der Waals surface area contributed by atoms with Crippen molar-refractivity contribution in [2.24, 2.45) is 0 Å². The van der Waals surface area contributed by atoms with Gasteiger partial charge < -0.3 is 4.74 Å². The molecular formula is C10H14N2OS. The topological polar surface area (TPSA) is 38.3 Å². The van der Waals surface area contributed by atoms with Crippen LogP contribution in [0.5, 0.6) is 0 Å². The molecule has 4 heteroatoms. The first-order valence-electron chi connectivity index (χ1n) is 4.73. The molecule has 0 aromatic carbocycles. The fourth-order valence-corrected chi connectivity index (χ4v) is 2.07. The van der Waals surface area contributed by atoms with E-state index in [1.807, 2.05) is 13.8 Å². The summed E-state index contributed by atoms with van der Waals surface area (Å²) in [5.41, 5.74) is 3.35.